The summed E-state index contributed by atoms with van der Waals surface area (Å²) < 4.78 is 0. The minimum absolute atomic E-state index is 0.227. The summed E-state index contributed by atoms with van der Waals surface area (Å²) in [5, 5.41) is 11.9. The highest BCUT2D eigenvalue weighted by Gasteiger charge is 2.16. The van der Waals surface area contributed by atoms with E-state index in [1.165, 1.54) is 5.56 Å². The lowest BCUT2D eigenvalue weighted by molar-refractivity contribution is 0.127. The first-order valence-electron chi connectivity index (χ1n) is 7.18. The van der Waals surface area contributed by atoms with Gasteiger partial charge in [0.1, 0.15) is 0 Å². The van der Waals surface area contributed by atoms with Crippen molar-refractivity contribution in [2.24, 2.45) is 0 Å². The van der Waals surface area contributed by atoms with E-state index >= 15 is 0 Å². The maximum atomic E-state index is 8.70. The van der Waals surface area contributed by atoms with Gasteiger partial charge in [-0.05, 0) is 5.56 Å². The van der Waals surface area contributed by atoms with Crippen molar-refractivity contribution in [3.63, 3.8) is 0 Å². The second-order valence-electron chi connectivity index (χ2n) is 5.08. The monoisotopic (exact) mass is 263 g/mol. The third-order valence-corrected chi connectivity index (χ3v) is 3.61. The lowest BCUT2D eigenvalue weighted by Crippen LogP contribution is -2.47. The quantitative estimate of drug-likeness (QED) is 0.698. The summed E-state index contributed by atoms with van der Waals surface area (Å²) >= 11 is 0. The maximum absolute atomic E-state index is 8.70. The predicted octanol–water partition coefficient (Wildman–Crippen LogP) is 0.386. The third kappa shape index (κ3) is 5.28. The molecular formula is C15H25N3O. The van der Waals surface area contributed by atoms with Crippen LogP contribution in [0.15, 0.2) is 30.3 Å². The highest BCUT2D eigenvalue weighted by Crippen LogP contribution is 2.07. The molecule has 1 fully saturated rings. The van der Waals surface area contributed by atoms with Gasteiger partial charge >= 0.3 is 0 Å². The zero-order valence-electron chi connectivity index (χ0n) is 11.6. The van der Waals surface area contributed by atoms with E-state index in [4.69, 9.17) is 5.11 Å². The first-order valence-corrected chi connectivity index (χ1v) is 7.18. The summed E-state index contributed by atoms with van der Waals surface area (Å²) in [5.41, 5.74) is 1.40. The van der Waals surface area contributed by atoms with Crippen molar-refractivity contribution in [3.8, 4) is 0 Å². The molecule has 1 aliphatic rings. The number of hydrogen-bond donors (Lipinski definition) is 2. The van der Waals surface area contributed by atoms with E-state index in [1.807, 2.05) is 0 Å². The fraction of sp³-hybridized carbons (Fsp3) is 0.600. The first-order chi connectivity index (χ1) is 9.38. The topological polar surface area (TPSA) is 38.7 Å². The molecule has 1 aromatic carbocycles. The van der Waals surface area contributed by atoms with Gasteiger partial charge in [0, 0.05) is 52.4 Å². The Morgan fingerprint density at radius 1 is 0.947 bits per heavy atom. The fourth-order valence-corrected chi connectivity index (χ4v) is 2.45. The summed E-state index contributed by atoms with van der Waals surface area (Å²) in [5.74, 6) is 0. The van der Waals surface area contributed by atoms with Crippen LogP contribution in [0, 0.1) is 0 Å². The average molecular weight is 263 g/mol. The molecule has 0 aliphatic carbocycles. The molecule has 19 heavy (non-hydrogen) atoms. The molecule has 2 N–H and O–H groups in total. The van der Waals surface area contributed by atoms with E-state index in [0.717, 1.165) is 45.8 Å². The molecule has 1 aliphatic heterocycles. The Hall–Kier alpha value is -0.940. The number of hydrogen-bond acceptors (Lipinski definition) is 4. The zero-order chi connectivity index (χ0) is 13.3. The highest BCUT2D eigenvalue weighted by atomic mass is 16.3. The van der Waals surface area contributed by atoms with Gasteiger partial charge in [-0.15, -0.1) is 0 Å². The van der Waals surface area contributed by atoms with Gasteiger partial charge in [-0.25, -0.2) is 0 Å². The smallest absolute Gasteiger partial charge is 0.0555 e. The van der Waals surface area contributed by atoms with Crippen molar-refractivity contribution >= 4 is 0 Å². The van der Waals surface area contributed by atoms with Gasteiger partial charge in [0.05, 0.1) is 6.61 Å². The molecular weight excluding hydrogens is 238 g/mol. The summed E-state index contributed by atoms with van der Waals surface area (Å²) in [4.78, 5) is 5.01. The molecule has 1 aromatic rings. The molecule has 0 spiro atoms. The normalized spacial score (nSPS) is 17.7. The number of piperazine rings is 1. The van der Waals surface area contributed by atoms with Crippen LogP contribution in [0.1, 0.15) is 5.56 Å². The molecule has 0 saturated carbocycles. The minimum Gasteiger partial charge on any atom is -0.395 e. The van der Waals surface area contributed by atoms with Crippen LogP contribution in [-0.4, -0.2) is 67.3 Å². The van der Waals surface area contributed by atoms with E-state index in [1.54, 1.807) is 0 Å². The van der Waals surface area contributed by atoms with Crippen LogP contribution in [0.25, 0.3) is 0 Å². The summed E-state index contributed by atoms with van der Waals surface area (Å²) in [6.07, 6.45) is 0. The van der Waals surface area contributed by atoms with Crippen LogP contribution < -0.4 is 5.32 Å². The van der Waals surface area contributed by atoms with Gasteiger partial charge in [0.25, 0.3) is 0 Å². The Bertz CT molecular complexity index is 337. The van der Waals surface area contributed by atoms with Crippen molar-refractivity contribution in [1.82, 2.24) is 15.1 Å². The summed E-state index contributed by atoms with van der Waals surface area (Å²) in [6, 6.07) is 10.7. The Kier molecular flexibility index (Phi) is 6.30. The van der Waals surface area contributed by atoms with E-state index in [2.05, 4.69) is 45.4 Å². The maximum Gasteiger partial charge on any atom is 0.0555 e. The van der Waals surface area contributed by atoms with Gasteiger partial charge < -0.3 is 10.4 Å². The standard InChI is InChI=1S/C15H25N3O/c19-13-7-16-6-8-17-9-11-18(12-10-17)14-15-4-2-1-3-5-15/h1-5,16,19H,6-14H2. The highest BCUT2D eigenvalue weighted by molar-refractivity contribution is 5.14. The van der Waals surface area contributed by atoms with E-state index < -0.39 is 0 Å². The molecule has 1 heterocycles. The van der Waals surface area contributed by atoms with Crippen molar-refractivity contribution in [2.75, 3.05) is 52.4 Å². The van der Waals surface area contributed by atoms with Crippen LogP contribution in [0.2, 0.25) is 0 Å². The molecule has 2 rings (SSSR count). The Morgan fingerprint density at radius 2 is 1.63 bits per heavy atom. The van der Waals surface area contributed by atoms with Crippen LogP contribution >= 0.6 is 0 Å². The van der Waals surface area contributed by atoms with Gasteiger partial charge in [-0.2, -0.15) is 0 Å². The fourth-order valence-electron chi connectivity index (χ4n) is 2.45. The molecule has 106 valence electrons. The number of aliphatic hydroxyl groups is 1. The summed E-state index contributed by atoms with van der Waals surface area (Å²) in [6.45, 7) is 8.64. The Balaban J connectivity index is 1.62. The van der Waals surface area contributed by atoms with E-state index in [0.29, 0.717) is 6.54 Å². The second kappa shape index (κ2) is 8.27. The number of rotatable bonds is 7. The molecule has 0 aromatic heterocycles. The molecule has 0 radical (unpaired) electrons. The van der Waals surface area contributed by atoms with Gasteiger partial charge in [0.2, 0.25) is 0 Å². The van der Waals surface area contributed by atoms with Crippen LogP contribution in [0.3, 0.4) is 0 Å². The lowest BCUT2D eigenvalue weighted by Gasteiger charge is -2.34. The number of benzene rings is 1. The molecule has 0 atom stereocenters. The average Bonchev–Trinajstić information content (AvgIpc) is 2.46. The largest absolute Gasteiger partial charge is 0.395 e. The number of nitrogens with zero attached hydrogens (tertiary/aromatic N) is 2. The van der Waals surface area contributed by atoms with Crippen molar-refractivity contribution in [2.45, 2.75) is 6.54 Å². The number of nitrogens with one attached hydrogen (secondary N) is 1. The van der Waals surface area contributed by atoms with Gasteiger partial charge in [-0.3, -0.25) is 9.80 Å². The second-order valence-corrected chi connectivity index (χ2v) is 5.08. The van der Waals surface area contributed by atoms with Crippen molar-refractivity contribution < 1.29 is 5.11 Å². The molecule has 4 heteroatoms. The van der Waals surface area contributed by atoms with Crippen LogP contribution in [0.5, 0.6) is 0 Å². The lowest BCUT2D eigenvalue weighted by atomic mass is 10.2. The van der Waals surface area contributed by atoms with Gasteiger partial charge in [0.15, 0.2) is 0 Å². The van der Waals surface area contributed by atoms with Crippen molar-refractivity contribution in [1.29, 1.82) is 0 Å². The minimum atomic E-state index is 0.227. The van der Waals surface area contributed by atoms with E-state index in [-0.39, 0.29) is 6.61 Å². The SMILES string of the molecule is OCCNCCN1CCN(Cc2ccccc2)CC1. The zero-order valence-corrected chi connectivity index (χ0v) is 11.6. The molecule has 0 unspecified atom stereocenters. The first kappa shape index (κ1) is 14.5. The van der Waals surface area contributed by atoms with Crippen LogP contribution in [-0.2, 0) is 6.54 Å². The van der Waals surface area contributed by atoms with E-state index in [9.17, 15) is 0 Å². The Morgan fingerprint density at radius 3 is 2.32 bits per heavy atom. The predicted molar refractivity (Wildman–Crippen MR) is 78.1 cm³/mol. The molecule has 0 amide bonds. The molecule has 4 nitrogen and oxygen atoms in total. The van der Waals surface area contributed by atoms with Crippen LogP contribution in [0.4, 0.5) is 0 Å². The Labute approximate surface area is 116 Å². The van der Waals surface area contributed by atoms with Crippen molar-refractivity contribution in [3.05, 3.63) is 35.9 Å². The van der Waals surface area contributed by atoms with Gasteiger partial charge in [-0.1, -0.05) is 30.3 Å². The number of aliphatic hydroxyl groups excluding tert-OH is 1. The molecule has 1 saturated heterocycles. The summed E-state index contributed by atoms with van der Waals surface area (Å²) in [7, 11) is 0. The molecule has 0 bridgehead atoms. The third-order valence-electron chi connectivity index (χ3n) is 3.61.